The maximum atomic E-state index is 15.4. The van der Waals surface area contributed by atoms with Crippen LogP contribution >= 0.6 is 0 Å². The molecule has 0 bridgehead atoms. The van der Waals surface area contributed by atoms with Gasteiger partial charge in [0.05, 0.1) is 38.0 Å². The van der Waals surface area contributed by atoms with Crippen molar-refractivity contribution in [2.45, 2.75) is 45.1 Å². The summed E-state index contributed by atoms with van der Waals surface area (Å²) in [5.41, 5.74) is 7.37. The Labute approximate surface area is 227 Å². The lowest BCUT2D eigenvalue weighted by Crippen LogP contribution is -2.58. The number of aromatic nitrogens is 2. The average molecular weight is 576 g/mol. The van der Waals surface area contributed by atoms with E-state index in [1.807, 2.05) is 4.90 Å². The minimum Gasteiger partial charge on any atom is -0.378 e. The molecule has 4 rings (SSSR count). The van der Waals surface area contributed by atoms with Gasteiger partial charge in [-0.1, -0.05) is 25.7 Å². The molecule has 16 heteroatoms. The average Bonchev–Trinajstić information content (AvgIpc) is 3.40. The first-order valence-electron chi connectivity index (χ1n) is 12.9. The van der Waals surface area contributed by atoms with Crippen molar-refractivity contribution in [1.29, 1.82) is 0 Å². The van der Waals surface area contributed by atoms with Crippen molar-refractivity contribution < 1.29 is 36.5 Å². The van der Waals surface area contributed by atoms with Crippen LogP contribution in [0.4, 0.5) is 16.0 Å². The number of nitrogens with zero attached hydrogens (tertiary/aromatic N) is 4. The van der Waals surface area contributed by atoms with E-state index in [0.29, 0.717) is 50.5 Å². The fraction of sp³-hybridized carbons (Fsp3) is 0.739. The van der Waals surface area contributed by atoms with Gasteiger partial charge in [-0.05, 0) is 19.3 Å². The van der Waals surface area contributed by atoms with E-state index in [1.165, 1.54) is 0 Å². The number of aryl methyl sites for hydroxylation is 1. The van der Waals surface area contributed by atoms with Crippen molar-refractivity contribution in [2.24, 2.45) is 11.8 Å². The fourth-order valence-electron chi connectivity index (χ4n) is 5.08. The molecule has 39 heavy (non-hydrogen) atoms. The van der Waals surface area contributed by atoms with E-state index in [9.17, 15) is 18.0 Å². The first-order valence-corrected chi connectivity index (χ1v) is 14.8. The molecule has 2 atom stereocenters. The molecule has 3 fully saturated rings. The number of carbonyl (C=O) groups is 2. The zero-order valence-corrected chi connectivity index (χ0v) is 23.1. The summed E-state index contributed by atoms with van der Waals surface area (Å²) in [6.07, 6.45) is 6.22. The zero-order chi connectivity index (χ0) is 28.4. The van der Waals surface area contributed by atoms with Crippen LogP contribution < -0.4 is 21.2 Å². The third-order valence-corrected chi connectivity index (χ3v) is 6.87. The third-order valence-electron chi connectivity index (χ3n) is 6.87. The Morgan fingerprint density at radius 2 is 2.00 bits per heavy atom. The molecule has 0 unspecified atom stereocenters. The number of amides is 2. The Hall–Kier alpha value is -2.66. The molecule has 4 N–H and O–H groups in total. The number of halogens is 1. The molecule has 3 aliphatic rings. The molecule has 1 aliphatic carbocycles. The maximum absolute atomic E-state index is 15.4. The quantitative estimate of drug-likeness (QED) is 0.130. The Morgan fingerprint density at radius 3 is 2.69 bits per heavy atom. The molecular formula is C23H38FN7O7S. The minimum atomic E-state index is -3.67. The summed E-state index contributed by atoms with van der Waals surface area (Å²) < 4.78 is 46.8. The highest BCUT2D eigenvalue weighted by Gasteiger charge is 2.32. The van der Waals surface area contributed by atoms with Crippen LogP contribution in [-0.4, -0.2) is 98.5 Å². The molecule has 0 aromatic carbocycles. The van der Waals surface area contributed by atoms with E-state index in [0.717, 1.165) is 45.4 Å². The van der Waals surface area contributed by atoms with Gasteiger partial charge in [-0.3, -0.25) is 34.7 Å². The van der Waals surface area contributed by atoms with Gasteiger partial charge in [0.25, 0.3) is 10.1 Å². The first kappa shape index (κ1) is 30.9. The Bertz CT molecular complexity index is 1070. The summed E-state index contributed by atoms with van der Waals surface area (Å²) in [5, 5.41) is 0. The van der Waals surface area contributed by atoms with Crippen LogP contribution in [0.3, 0.4) is 0 Å². The topological polar surface area (TPSA) is 175 Å². The van der Waals surface area contributed by atoms with Crippen molar-refractivity contribution in [2.75, 3.05) is 62.6 Å². The number of hydrogen-bond acceptors (Lipinski definition) is 11. The summed E-state index contributed by atoms with van der Waals surface area (Å²) in [7, 11) is -3.67. The van der Waals surface area contributed by atoms with Gasteiger partial charge < -0.3 is 9.64 Å². The van der Waals surface area contributed by atoms with E-state index in [2.05, 4.69) is 31.2 Å². The van der Waals surface area contributed by atoms with Crippen LogP contribution in [0, 0.1) is 24.6 Å². The summed E-state index contributed by atoms with van der Waals surface area (Å²) in [6.45, 7) is 6.04. The Kier molecular flexibility index (Phi) is 11.6. The molecule has 0 spiro atoms. The number of nitrogens with one attached hydrogen (secondary N) is 3. The number of carbonyl (C=O) groups excluding carboxylic acids is 2. The number of hydrazine groups is 1. The monoisotopic (exact) mass is 575 g/mol. The predicted molar refractivity (Wildman–Crippen MR) is 140 cm³/mol. The predicted octanol–water partition coefficient (Wildman–Crippen LogP) is 0.266. The maximum Gasteiger partial charge on any atom is 0.261 e. The Morgan fingerprint density at radius 1 is 1.28 bits per heavy atom. The summed E-state index contributed by atoms with van der Waals surface area (Å²) in [4.78, 5) is 41.2. The first-order chi connectivity index (χ1) is 18.5. The zero-order valence-electron chi connectivity index (χ0n) is 22.3. The van der Waals surface area contributed by atoms with Crippen molar-refractivity contribution in [3.8, 4) is 0 Å². The Balaban J connectivity index is 0.000000771. The van der Waals surface area contributed by atoms with Gasteiger partial charge in [0.15, 0.2) is 11.6 Å². The van der Waals surface area contributed by atoms with Gasteiger partial charge in [-0.2, -0.15) is 12.8 Å². The smallest absolute Gasteiger partial charge is 0.261 e. The second-order valence-corrected chi connectivity index (χ2v) is 11.4. The van der Waals surface area contributed by atoms with Crippen LogP contribution in [0.2, 0.25) is 0 Å². The van der Waals surface area contributed by atoms with E-state index in [-0.39, 0.29) is 30.2 Å². The number of ether oxygens (including phenoxy) is 1. The van der Waals surface area contributed by atoms with Crippen molar-refractivity contribution in [1.82, 2.24) is 25.8 Å². The van der Waals surface area contributed by atoms with Crippen LogP contribution in [-0.2, 0) is 29.3 Å². The van der Waals surface area contributed by atoms with E-state index in [1.54, 1.807) is 6.92 Å². The third kappa shape index (κ3) is 10.1. The number of rotatable bonds is 10. The molecule has 220 valence electrons. The summed E-state index contributed by atoms with van der Waals surface area (Å²) >= 11 is 0. The molecule has 1 aromatic rings. The summed E-state index contributed by atoms with van der Waals surface area (Å²) in [5.74, 6) is -0.473. The van der Waals surface area contributed by atoms with Crippen LogP contribution in [0.1, 0.15) is 37.9 Å². The SMILES string of the molecule is CS(=O)(=O)O.Cc1nc(NNC(=O)[C@@H](CONC=O)CC2CCCC2)c(F)c(N2CCN3CCOC[C@@H]3C2)n1. The second-order valence-electron chi connectivity index (χ2n) is 9.94. The standard InChI is InChI=1S/C22H34FN7O4.CH4O3S/c1-15-25-20(19(23)21(26-15)30-7-6-29-8-9-33-13-18(29)11-30)27-28-22(32)17(12-34-24-14-31)10-16-4-2-3-5-16;1-5(2,3)4/h14,16-18H,2-13H2,1H3,(H,24,31)(H,28,32)(H,25,26,27);1H3,(H,2,3,4)/t17-,18+;/m1./s1. The lowest BCUT2D eigenvalue weighted by molar-refractivity contribution is -0.132. The van der Waals surface area contributed by atoms with Gasteiger partial charge in [-0.25, -0.2) is 15.4 Å². The van der Waals surface area contributed by atoms with Crippen molar-refractivity contribution >= 4 is 34.1 Å². The number of piperazine rings is 1. The highest BCUT2D eigenvalue weighted by atomic mass is 32.2. The molecule has 2 amide bonds. The largest absolute Gasteiger partial charge is 0.378 e. The molecule has 2 saturated heterocycles. The van der Waals surface area contributed by atoms with Gasteiger partial charge in [-0.15, -0.1) is 0 Å². The molecule has 0 radical (unpaired) electrons. The number of hydrogen-bond donors (Lipinski definition) is 4. The molecule has 2 aliphatic heterocycles. The minimum absolute atomic E-state index is 0.0347. The highest BCUT2D eigenvalue weighted by molar-refractivity contribution is 7.85. The second kappa shape index (κ2) is 14.6. The lowest BCUT2D eigenvalue weighted by Gasteiger charge is -2.44. The molecule has 1 aromatic heterocycles. The van der Waals surface area contributed by atoms with Crippen LogP contribution in [0.15, 0.2) is 0 Å². The number of anilines is 2. The molecule has 3 heterocycles. The summed E-state index contributed by atoms with van der Waals surface area (Å²) in [6, 6.07) is 0.199. The van der Waals surface area contributed by atoms with Crippen molar-refractivity contribution in [3.63, 3.8) is 0 Å². The van der Waals surface area contributed by atoms with Crippen LogP contribution in [0.5, 0.6) is 0 Å². The highest BCUT2D eigenvalue weighted by Crippen LogP contribution is 2.31. The van der Waals surface area contributed by atoms with E-state index < -0.39 is 21.9 Å². The molecular weight excluding hydrogens is 537 g/mol. The normalized spacial score (nSPS) is 20.8. The van der Waals surface area contributed by atoms with Crippen molar-refractivity contribution in [3.05, 3.63) is 11.6 Å². The van der Waals surface area contributed by atoms with E-state index in [4.69, 9.17) is 14.1 Å². The van der Waals surface area contributed by atoms with Gasteiger partial charge in [0.1, 0.15) is 5.82 Å². The molecule has 14 nitrogen and oxygen atoms in total. The van der Waals surface area contributed by atoms with Gasteiger partial charge in [0.2, 0.25) is 18.1 Å². The number of fused-ring (bicyclic) bond motifs is 1. The lowest BCUT2D eigenvalue weighted by atomic mass is 9.93. The van der Waals surface area contributed by atoms with Crippen LogP contribution in [0.25, 0.3) is 0 Å². The van der Waals surface area contributed by atoms with Gasteiger partial charge in [0, 0.05) is 26.2 Å². The van der Waals surface area contributed by atoms with E-state index >= 15 is 4.39 Å². The van der Waals surface area contributed by atoms with Gasteiger partial charge >= 0.3 is 0 Å². The number of hydroxylamine groups is 1. The molecule has 1 saturated carbocycles. The fourth-order valence-corrected chi connectivity index (χ4v) is 5.08. The number of morpholine rings is 1.